The fraction of sp³-hybridized carbons (Fsp3) is 0.0303. The average molecular weight is 973 g/mol. The Labute approximate surface area is 436 Å². The number of hydrogen-bond donors (Lipinski definition) is 0. The SMILES string of the molecule is c1ccc(-c2nc(-c3cccc(-c4cnc5ccccc5n4)c3)nc(-c3ccc4c(c3)C3c5ccccc5C4c4cc(-c5nc(-c6ccccc6)nc(-c6cccc(-c7cnc8ccccc8n7)c6)n5)ccc43)n2)cc1. The minimum atomic E-state index is -0.0235. The zero-order valence-electron chi connectivity index (χ0n) is 40.6. The lowest BCUT2D eigenvalue weighted by Gasteiger charge is -2.42. The Morgan fingerprint density at radius 3 is 0.947 bits per heavy atom. The molecule has 2 bridgehead atoms. The van der Waals surface area contributed by atoms with Gasteiger partial charge < -0.3 is 0 Å². The summed E-state index contributed by atoms with van der Waals surface area (Å²) in [6.45, 7) is 0. The molecule has 0 radical (unpaired) electrons. The van der Waals surface area contributed by atoms with Crippen molar-refractivity contribution in [2.75, 3.05) is 0 Å². The van der Waals surface area contributed by atoms with Gasteiger partial charge in [0.05, 0.1) is 45.8 Å². The van der Waals surface area contributed by atoms with Crippen molar-refractivity contribution in [1.82, 2.24) is 49.8 Å². The van der Waals surface area contributed by atoms with Gasteiger partial charge in [-0.25, -0.2) is 39.9 Å². The van der Waals surface area contributed by atoms with Crippen LogP contribution in [0.25, 0.3) is 113 Å². The molecule has 2 unspecified atom stereocenters. The smallest absolute Gasteiger partial charge is 0.164 e. The Kier molecular flexibility index (Phi) is 10.1. The first-order chi connectivity index (χ1) is 37.6. The largest absolute Gasteiger partial charge is 0.252 e. The van der Waals surface area contributed by atoms with Crippen molar-refractivity contribution in [3.05, 3.63) is 264 Å². The molecule has 4 aromatic heterocycles. The van der Waals surface area contributed by atoms with E-state index in [4.69, 9.17) is 49.8 Å². The van der Waals surface area contributed by atoms with Gasteiger partial charge in [-0.3, -0.25) is 9.97 Å². The summed E-state index contributed by atoms with van der Waals surface area (Å²) in [5.74, 6) is 3.50. The standard InChI is InChI=1S/C66H40N10/c1-3-15-39(16-4-1)61-71-63(43-21-13-19-41(33-43)57-37-67-53-25-9-11-27-55(53)69-57)75-65(73-61)45-29-31-49-51(35-45)59-47-23-7-8-24-48(47)60(49)52-36-46(30-32-50(52)59)66-74-62(40-17-5-2-6-18-40)72-64(76-66)44-22-14-20-42(34-44)58-38-68-54-26-10-12-28-56(54)70-58/h1-38,59-60H. The molecule has 10 nitrogen and oxygen atoms in total. The molecule has 16 rings (SSSR count). The number of nitrogens with zero attached hydrogens (tertiary/aromatic N) is 10. The molecule has 3 aliphatic rings. The van der Waals surface area contributed by atoms with Gasteiger partial charge in [0.2, 0.25) is 0 Å². The van der Waals surface area contributed by atoms with E-state index in [-0.39, 0.29) is 11.8 Å². The molecule has 0 aliphatic heterocycles. The molecule has 76 heavy (non-hydrogen) atoms. The monoisotopic (exact) mass is 972 g/mol. The van der Waals surface area contributed by atoms with Crippen molar-refractivity contribution in [2.24, 2.45) is 0 Å². The molecule has 0 spiro atoms. The molecule has 10 heteroatoms. The van der Waals surface area contributed by atoms with Gasteiger partial charge in [-0.2, -0.15) is 0 Å². The number of aromatic nitrogens is 10. The molecule has 0 saturated carbocycles. The van der Waals surface area contributed by atoms with Crippen molar-refractivity contribution < 1.29 is 0 Å². The summed E-state index contributed by atoms with van der Waals surface area (Å²) in [6, 6.07) is 74.8. The van der Waals surface area contributed by atoms with E-state index in [1.165, 1.54) is 33.4 Å². The van der Waals surface area contributed by atoms with Gasteiger partial charge in [0.15, 0.2) is 34.9 Å². The average Bonchev–Trinajstić information content (AvgIpc) is 3.56. The lowest BCUT2D eigenvalue weighted by atomic mass is 9.61. The van der Waals surface area contributed by atoms with Crippen molar-refractivity contribution >= 4 is 22.1 Å². The van der Waals surface area contributed by atoms with Crippen molar-refractivity contribution in [2.45, 2.75) is 11.8 Å². The maximum Gasteiger partial charge on any atom is 0.164 e. The summed E-state index contributed by atoms with van der Waals surface area (Å²) >= 11 is 0. The van der Waals surface area contributed by atoms with Gasteiger partial charge in [0, 0.05) is 56.3 Å². The van der Waals surface area contributed by atoms with Gasteiger partial charge >= 0.3 is 0 Å². The number of rotatable bonds is 8. The first-order valence-corrected chi connectivity index (χ1v) is 25.3. The first-order valence-electron chi connectivity index (χ1n) is 25.3. The quantitative estimate of drug-likeness (QED) is 0.145. The summed E-state index contributed by atoms with van der Waals surface area (Å²) in [5, 5.41) is 0. The minimum absolute atomic E-state index is 0.0235. The molecule has 2 atom stereocenters. The van der Waals surface area contributed by atoms with E-state index < -0.39 is 0 Å². The predicted octanol–water partition coefficient (Wildman–Crippen LogP) is 14.3. The van der Waals surface area contributed by atoms with Crippen LogP contribution in [0.15, 0.2) is 231 Å². The molecule has 9 aromatic carbocycles. The van der Waals surface area contributed by atoms with E-state index >= 15 is 0 Å². The fourth-order valence-corrected chi connectivity index (χ4v) is 11.0. The normalized spacial score (nSPS) is 14.1. The summed E-state index contributed by atoms with van der Waals surface area (Å²) in [4.78, 5) is 50.3. The lowest BCUT2D eigenvalue weighted by Crippen LogP contribution is -2.27. The van der Waals surface area contributed by atoms with E-state index in [9.17, 15) is 0 Å². The van der Waals surface area contributed by atoms with Crippen LogP contribution in [0, 0.1) is 0 Å². The Morgan fingerprint density at radius 1 is 0.211 bits per heavy atom. The third-order valence-electron chi connectivity index (χ3n) is 14.6. The number of hydrogen-bond acceptors (Lipinski definition) is 10. The van der Waals surface area contributed by atoms with Crippen LogP contribution < -0.4 is 0 Å². The van der Waals surface area contributed by atoms with E-state index in [2.05, 4.69) is 72.8 Å². The van der Waals surface area contributed by atoms with Crippen molar-refractivity contribution in [1.29, 1.82) is 0 Å². The van der Waals surface area contributed by atoms with Gasteiger partial charge in [-0.05, 0) is 81.9 Å². The Bertz CT molecular complexity index is 4160. The van der Waals surface area contributed by atoms with E-state index in [1.54, 1.807) is 0 Å². The molecule has 0 fully saturated rings. The van der Waals surface area contributed by atoms with E-state index in [0.717, 1.165) is 78.0 Å². The molecule has 3 aliphatic carbocycles. The first kappa shape index (κ1) is 43.3. The highest BCUT2D eigenvalue weighted by molar-refractivity contribution is 5.81. The summed E-state index contributed by atoms with van der Waals surface area (Å²) in [6.07, 6.45) is 3.65. The lowest BCUT2D eigenvalue weighted by molar-refractivity contribution is 0.754. The van der Waals surface area contributed by atoms with Gasteiger partial charge in [-0.1, -0.05) is 170 Å². The Morgan fingerprint density at radius 2 is 0.526 bits per heavy atom. The molecule has 0 amide bonds. The maximum atomic E-state index is 5.23. The molecule has 354 valence electrons. The van der Waals surface area contributed by atoms with Crippen LogP contribution in [0.5, 0.6) is 0 Å². The van der Waals surface area contributed by atoms with Crippen LogP contribution in [-0.4, -0.2) is 49.8 Å². The molecule has 0 saturated heterocycles. The number of benzene rings is 9. The molecule has 0 N–H and O–H groups in total. The highest BCUT2D eigenvalue weighted by Crippen LogP contribution is 2.56. The zero-order chi connectivity index (χ0) is 50.1. The second-order valence-electron chi connectivity index (χ2n) is 19.2. The van der Waals surface area contributed by atoms with Crippen molar-refractivity contribution in [3.63, 3.8) is 0 Å². The molecule has 13 aromatic rings. The number of para-hydroxylation sites is 4. The third kappa shape index (κ3) is 7.50. The second kappa shape index (κ2) is 17.7. The van der Waals surface area contributed by atoms with Crippen LogP contribution in [0.3, 0.4) is 0 Å². The van der Waals surface area contributed by atoms with Gasteiger partial charge in [-0.15, -0.1) is 0 Å². The topological polar surface area (TPSA) is 129 Å². The van der Waals surface area contributed by atoms with Crippen LogP contribution in [0.1, 0.15) is 45.2 Å². The van der Waals surface area contributed by atoms with E-state index in [0.29, 0.717) is 34.9 Å². The Hall–Kier alpha value is -10.3. The van der Waals surface area contributed by atoms with Gasteiger partial charge in [0.25, 0.3) is 0 Å². The highest BCUT2D eigenvalue weighted by Gasteiger charge is 2.41. The summed E-state index contributed by atoms with van der Waals surface area (Å²) in [5.41, 5.74) is 19.8. The van der Waals surface area contributed by atoms with Gasteiger partial charge in [0.1, 0.15) is 0 Å². The van der Waals surface area contributed by atoms with E-state index in [1.807, 2.05) is 158 Å². The summed E-state index contributed by atoms with van der Waals surface area (Å²) in [7, 11) is 0. The number of fused-ring (bicyclic) bond motifs is 2. The fourth-order valence-electron chi connectivity index (χ4n) is 11.0. The summed E-state index contributed by atoms with van der Waals surface area (Å²) < 4.78 is 0. The predicted molar refractivity (Wildman–Crippen MR) is 298 cm³/mol. The second-order valence-corrected chi connectivity index (χ2v) is 19.2. The molecular formula is C66H40N10. The third-order valence-corrected chi connectivity index (χ3v) is 14.6. The minimum Gasteiger partial charge on any atom is -0.252 e. The molecular weight excluding hydrogens is 933 g/mol. The highest BCUT2D eigenvalue weighted by atomic mass is 15.0. The van der Waals surface area contributed by atoms with Crippen LogP contribution in [0.4, 0.5) is 0 Å². The van der Waals surface area contributed by atoms with Crippen LogP contribution in [0.2, 0.25) is 0 Å². The molecule has 4 heterocycles. The Balaban J connectivity index is 0.825. The zero-order valence-corrected chi connectivity index (χ0v) is 40.6. The van der Waals surface area contributed by atoms with Crippen LogP contribution in [-0.2, 0) is 0 Å². The maximum absolute atomic E-state index is 5.23. The van der Waals surface area contributed by atoms with Crippen molar-refractivity contribution in [3.8, 4) is 90.8 Å². The van der Waals surface area contributed by atoms with Crippen LogP contribution >= 0.6 is 0 Å².